The summed E-state index contributed by atoms with van der Waals surface area (Å²) in [6.07, 6.45) is 6.06. The molecular formula is C15H20N4O3. The molecule has 2 atom stereocenters. The highest BCUT2D eigenvalue weighted by molar-refractivity contribution is 5.92. The van der Waals surface area contributed by atoms with Crippen LogP contribution in [0.2, 0.25) is 0 Å². The van der Waals surface area contributed by atoms with Gasteiger partial charge in [-0.25, -0.2) is 4.98 Å². The molecule has 2 aromatic heterocycles. The molecule has 1 aliphatic heterocycles. The number of nitrogens with zero attached hydrogens (tertiary/aromatic N) is 3. The fourth-order valence-electron chi connectivity index (χ4n) is 2.81. The first-order valence-corrected chi connectivity index (χ1v) is 7.56. The van der Waals surface area contributed by atoms with E-state index in [0.717, 1.165) is 25.9 Å². The zero-order chi connectivity index (χ0) is 15.5. The lowest BCUT2D eigenvalue weighted by Gasteiger charge is -2.29. The second kappa shape index (κ2) is 6.31. The van der Waals surface area contributed by atoms with Gasteiger partial charge in [0, 0.05) is 32.1 Å². The van der Waals surface area contributed by atoms with Crippen LogP contribution in [0.25, 0.3) is 11.5 Å². The van der Waals surface area contributed by atoms with Crippen molar-refractivity contribution in [3.63, 3.8) is 0 Å². The van der Waals surface area contributed by atoms with E-state index in [0.29, 0.717) is 17.4 Å². The Balaban J connectivity index is 1.69. The monoisotopic (exact) mass is 304 g/mol. The van der Waals surface area contributed by atoms with Gasteiger partial charge in [-0.2, -0.15) is 0 Å². The van der Waals surface area contributed by atoms with Crippen LogP contribution in [0.4, 0.5) is 5.88 Å². The summed E-state index contributed by atoms with van der Waals surface area (Å²) in [4.78, 5) is 16.6. The molecule has 1 aliphatic rings. The average molecular weight is 304 g/mol. The number of rotatable bonds is 4. The van der Waals surface area contributed by atoms with Gasteiger partial charge in [-0.3, -0.25) is 10.1 Å². The van der Waals surface area contributed by atoms with E-state index in [1.807, 2.05) is 24.7 Å². The Kier molecular flexibility index (Phi) is 4.24. The van der Waals surface area contributed by atoms with Gasteiger partial charge in [-0.15, -0.1) is 0 Å². The minimum absolute atomic E-state index is 0.0225. The number of imidazole rings is 1. The lowest BCUT2D eigenvalue weighted by atomic mass is 9.92. The predicted molar refractivity (Wildman–Crippen MR) is 80.1 cm³/mol. The summed E-state index contributed by atoms with van der Waals surface area (Å²) in [7, 11) is 1.88. The summed E-state index contributed by atoms with van der Waals surface area (Å²) in [5.74, 6) is 0.815. The van der Waals surface area contributed by atoms with Crippen LogP contribution in [0, 0.1) is 5.92 Å². The minimum atomic E-state index is -0.138. The van der Waals surface area contributed by atoms with Gasteiger partial charge in [0.15, 0.2) is 11.5 Å². The maximum atomic E-state index is 12.4. The summed E-state index contributed by atoms with van der Waals surface area (Å²) in [5.41, 5.74) is 0.592. The molecule has 7 heteroatoms. The van der Waals surface area contributed by atoms with Gasteiger partial charge in [0.05, 0.1) is 12.0 Å². The third kappa shape index (κ3) is 2.89. The van der Waals surface area contributed by atoms with Gasteiger partial charge in [0.25, 0.3) is 0 Å². The Morgan fingerprint density at radius 1 is 1.55 bits per heavy atom. The molecule has 3 rings (SSSR count). The lowest BCUT2D eigenvalue weighted by molar-refractivity contribution is -0.129. The first-order chi connectivity index (χ1) is 10.7. The van der Waals surface area contributed by atoms with Crippen molar-refractivity contribution in [1.29, 1.82) is 0 Å². The summed E-state index contributed by atoms with van der Waals surface area (Å²) >= 11 is 0. The van der Waals surface area contributed by atoms with Crippen molar-refractivity contribution in [1.82, 2.24) is 14.7 Å². The number of aromatic nitrogens is 3. The average Bonchev–Trinajstić information content (AvgIpc) is 3.15. The number of amides is 1. The quantitative estimate of drug-likeness (QED) is 0.936. The van der Waals surface area contributed by atoms with Crippen LogP contribution < -0.4 is 5.32 Å². The number of aryl methyl sites for hydroxylation is 1. The fraction of sp³-hybridized carbons (Fsp3) is 0.533. The molecule has 1 fully saturated rings. The van der Waals surface area contributed by atoms with Crippen LogP contribution >= 0.6 is 0 Å². The third-order valence-electron chi connectivity index (χ3n) is 3.99. The second-order valence-corrected chi connectivity index (χ2v) is 5.49. The molecule has 0 aliphatic carbocycles. The highest BCUT2D eigenvalue weighted by atomic mass is 16.5. The van der Waals surface area contributed by atoms with Gasteiger partial charge < -0.3 is 13.8 Å². The summed E-state index contributed by atoms with van der Waals surface area (Å²) in [6, 6.07) is 1.69. The number of ether oxygens (including phenoxy) is 1. The molecule has 1 amide bonds. The minimum Gasteiger partial charge on any atom is -0.377 e. The third-order valence-corrected chi connectivity index (χ3v) is 3.99. The number of anilines is 1. The Labute approximate surface area is 128 Å². The zero-order valence-corrected chi connectivity index (χ0v) is 12.8. The van der Waals surface area contributed by atoms with Crippen LogP contribution in [-0.2, 0) is 16.6 Å². The number of carbonyl (C=O) groups excluding carboxylic acids is 1. The maximum absolute atomic E-state index is 12.4. The van der Waals surface area contributed by atoms with Crippen LogP contribution in [0.3, 0.4) is 0 Å². The van der Waals surface area contributed by atoms with Crippen molar-refractivity contribution in [2.75, 3.05) is 11.9 Å². The van der Waals surface area contributed by atoms with Gasteiger partial charge in [-0.1, -0.05) is 12.1 Å². The topological polar surface area (TPSA) is 82.2 Å². The highest BCUT2D eigenvalue weighted by Gasteiger charge is 2.31. The van der Waals surface area contributed by atoms with E-state index in [-0.39, 0.29) is 17.9 Å². The smallest absolute Gasteiger partial charge is 0.232 e. The van der Waals surface area contributed by atoms with Crippen molar-refractivity contribution in [3.05, 3.63) is 18.5 Å². The van der Waals surface area contributed by atoms with Crippen molar-refractivity contribution in [2.45, 2.75) is 32.3 Å². The summed E-state index contributed by atoms with van der Waals surface area (Å²) in [5, 5.41) is 6.75. The first-order valence-electron chi connectivity index (χ1n) is 7.56. The number of nitrogens with one attached hydrogen (secondary N) is 1. The van der Waals surface area contributed by atoms with E-state index in [1.165, 1.54) is 0 Å². The van der Waals surface area contributed by atoms with Crippen LogP contribution in [0.1, 0.15) is 26.2 Å². The number of hydrogen-bond donors (Lipinski definition) is 1. The first kappa shape index (κ1) is 14.8. The van der Waals surface area contributed by atoms with Gasteiger partial charge >= 0.3 is 0 Å². The Hall–Kier alpha value is -2.15. The number of carbonyl (C=O) groups is 1. The van der Waals surface area contributed by atoms with Crippen molar-refractivity contribution in [2.24, 2.45) is 13.0 Å². The number of hydrogen-bond acceptors (Lipinski definition) is 5. The Morgan fingerprint density at radius 2 is 2.41 bits per heavy atom. The van der Waals surface area contributed by atoms with E-state index in [9.17, 15) is 4.79 Å². The molecule has 0 aromatic carbocycles. The zero-order valence-electron chi connectivity index (χ0n) is 12.8. The lowest BCUT2D eigenvalue weighted by Crippen LogP contribution is -2.37. The molecule has 0 bridgehead atoms. The van der Waals surface area contributed by atoms with Crippen LogP contribution in [-0.4, -0.2) is 33.3 Å². The Bertz CT molecular complexity index is 649. The summed E-state index contributed by atoms with van der Waals surface area (Å²) < 4.78 is 12.7. The second-order valence-electron chi connectivity index (χ2n) is 5.49. The summed E-state index contributed by atoms with van der Waals surface area (Å²) in [6.45, 7) is 2.76. The molecule has 0 radical (unpaired) electrons. The molecule has 3 heterocycles. The molecular weight excluding hydrogens is 284 g/mol. The van der Waals surface area contributed by atoms with E-state index in [4.69, 9.17) is 9.26 Å². The normalized spacial score (nSPS) is 21.7. The van der Waals surface area contributed by atoms with Crippen LogP contribution in [0.5, 0.6) is 0 Å². The van der Waals surface area contributed by atoms with E-state index in [1.54, 1.807) is 12.3 Å². The van der Waals surface area contributed by atoms with Crippen molar-refractivity contribution in [3.8, 4) is 11.5 Å². The molecule has 1 N–H and O–H groups in total. The molecule has 2 unspecified atom stereocenters. The molecule has 0 spiro atoms. The SMILES string of the molecule is CCC1OCCCC1C(=O)Nc1cc(-c2nccn2C)no1. The molecule has 2 aromatic rings. The van der Waals surface area contributed by atoms with Crippen molar-refractivity contribution < 1.29 is 14.1 Å². The van der Waals surface area contributed by atoms with Crippen LogP contribution in [0.15, 0.2) is 23.0 Å². The standard InChI is InChI=1S/C15H20N4O3/c1-3-12-10(5-4-8-21-12)15(20)17-13-9-11(18-22-13)14-16-6-7-19(14)2/h6-7,9-10,12H,3-5,8H2,1-2H3,(H,17,20). The van der Waals surface area contributed by atoms with Crippen molar-refractivity contribution >= 4 is 11.8 Å². The largest absolute Gasteiger partial charge is 0.377 e. The fourth-order valence-corrected chi connectivity index (χ4v) is 2.81. The van der Waals surface area contributed by atoms with E-state index < -0.39 is 0 Å². The molecule has 22 heavy (non-hydrogen) atoms. The van der Waals surface area contributed by atoms with E-state index in [2.05, 4.69) is 15.5 Å². The molecule has 0 saturated carbocycles. The molecule has 7 nitrogen and oxygen atoms in total. The highest BCUT2D eigenvalue weighted by Crippen LogP contribution is 2.26. The Morgan fingerprint density at radius 3 is 3.14 bits per heavy atom. The van der Waals surface area contributed by atoms with Gasteiger partial charge in [0.1, 0.15) is 0 Å². The van der Waals surface area contributed by atoms with Gasteiger partial charge in [0.2, 0.25) is 11.8 Å². The predicted octanol–water partition coefficient (Wildman–Crippen LogP) is 2.22. The molecule has 118 valence electrons. The molecule has 1 saturated heterocycles. The van der Waals surface area contributed by atoms with Gasteiger partial charge in [-0.05, 0) is 19.3 Å². The maximum Gasteiger partial charge on any atom is 0.232 e. The van der Waals surface area contributed by atoms with E-state index >= 15 is 0 Å².